The summed E-state index contributed by atoms with van der Waals surface area (Å²) in [5, 5.41) is 8.59. The van der Waals surface area contributed by atoms with Crippen LogP contribution in [0.25, 0.3) is 0 Å². The van der Waals surface area contributed by atoms with Crippen LogP contribution in [-0.4, -0.2) is 36.1 Å². The number of nitrogens with one attached hydrogen (secondary N) is 2. The molecule has 0 spiro atoms. The molecule has 0 saturated heterocycles. The summed E-state index contributed by atoms with van der Waals surface area (Å²) < 4.78 is 10.4. The van der Waals surface area contributed by atoms with Gasteiger partial charge in [-0.3, -0.25) is 9.59 Å². The number of carbonyl (C=O) groups excluding carboxylic acids is 3. The molecule has 0 aliphatic carbocycles. The van der Waals surface area contributed by atoms with Gasteiger partial charge in [-0.2, -0.15) is 0 Å². The van der Waals surface area contributed by atoms with E-state index in [1.807, 2.05) is 13.0 Å². The van der Waals surface area contributed by atoms with Crippen LogP contribution in [0.4, 0.5) is 5.69 Å². The van der Waals surface area contributed by atoms with Crippen LogP contribution in [0.1, 0.15) is 21.8 Å². The van der Waals surface area contributed by atoms with Gasteiger partial charge in [0.2, 0.25) is 11.7 Å². The van der Waals surface area contributed by atoms with Crippen molar-refractivity contribution in [2.75, 3.05) is 18.5 Å². The third-order valence-electron chi connectivity index (χ3n) is 3.07. The van der Waals surface area contributed by atoms with Crippen molar-refractivity contribution in [1.82, 2.24) is 10.5 Å². The normalized spacial score (nSPS) is 10.2. The van der Waals surface area contributed by atoms with Gasteiger partial charge in [0, 0.05) is 16.2 Å². The van der Waals surface area contributed by atoms with Crippen molar-refractivity contribution >= 4 is 39.4 Å². The summed E-state index contributed by atoms with van der Waals surface area (Å²) in [7, 11) is 0. The van der Waals surface area contributed by atoms with Gasteiger partial charge in [-0.15, -0.1) is 0 Å². The topological polar surface area (TPSA) is 111 Å². The summed E-state index contributed by atoms with van der Waals surface area (Å²) in [5.74, 6) is -1.89. The Balaban J connectivity index is 1.74. The van der Waals surface area contributed by atoms with E-state index in [9.17, 15) is 14.4 Å². The van der Waals surface area contributed by atoms with Crippen LogP contribution in [0.5, 0.6) is 0 Å². The summed E-state index contributed by atoms with van der Waals surface area (Å²) in [6, 6.07) is 6.80. The molecule has 0 atom stereocenters. The Kier molecular flexibility index (Phi) is 6.29. The Morgan fingerprint density at radius 1 is 1.20 bits per heavy atom. The Hall–Kier alpha value is -2.68. The summed E-state index contributed by atoms with van der Waals surface area (Å²) in [5.41, 5.74) is 2.05. The lowest BCUT2D eigenvalue weighted by atomic mass is 10.2. The molecule has 8 nitrogen and oxygen atoms in total. The predicted molar refractivity (Wildman–Crippen MR) is 92.0 cm³/mol. The third-order valence-corrected chi connectivity index (χ3v) is 3.57. The van der Waals surface area contributed by atoms with E-state index >= 15 is 0 Å². The molecule has 2 aromatic rings. The minimum absolute atomic E-state index is 0.0891. The molecule has 1 aromatic heterocycles. The highest BCUT2D eigenvalue weighted by Gasteiger charge is 2.15. The molecule has 0 saturated carbocycles. The molecule has 2 amide bonds. The van der Waals surface area contributed by atoms with Gasteiger partial charge >= 0.3 is 5.97 Å². The van der Waals surface area contributed by atoms with Gasteiger partial charge in [0.1, 0.15) is 0 Å². The maximum Gasteiger partial charge on any atom is 0.377 e. The molecule has 9 heteroatoms. The number of halogens is 1. The van der Waals surface area contributed by atoms with E-state index in [1.165, 1.54) is 6.07 Å². The zero-order valence-corrected chi connectivity index (χ0v) is 15.2. The smallest absolute Gasteiger partial charge is 0.377 e. The molecule has 0 bridgehead atoms. The number of ether oxygens (including phenoxy) is 1. The molecule has 0 fully saturated rings. The fourth-order valence-electron chi connectivity index (χ4n) is 1.85. The zero-order valence-electron chi connectivity index (χ0n) is 13.6. The van der Waals surface area contributed by atoms with Crippen LogP contribution in [0.2, 0.25) is 0 Å². The van der Waals surface area contributed by atoms with Gasteiger partial charge in [0.05, 0.1) is 12.2 Å². The van der Waals surface area contributed by atoms with Gasteiger partial charge in [0.15, 0.2) is 6.61 Å². The van der Waals surface area contributed by atoms with E-state index in [0.717, 1.165) is 10.0 Å². The number of nitrogens with zero attached hydrogens (tertiary/aromatic N) is 1. The second-order valence-corrected chi connectivity index (χ2v) is 6.11. The second kappa shape index (κ2) is 8.43. The Morgan fingerprint density at radius 2 is 1.96 bits per heavy atom. The number of hydrogen-bond acceptors (Lipinski definition) is 6. The van der Waals surface area contributed by atoms with E-state index in [2.05, 4.69) is 31.7 Å². The lowest BCUT2D eigenvalue weighted by molar-refractivity contribution is -0.126. The number of anilines is 1. The summed E-state index contributed by atoms with van der Waals surface area (Å²) in [6.45, 7) is 2.73. The number of esters is 1. The molecule has 132 valence electrons. The van der Waals surface area contributed by atoms with Crippen molar-refractivity contribution in [3.8, 4) is 0 Å². The van der Waals surface area contributed by atoms with E-state index in [1.54, 1.807) is 19.1 Å². The SMILES string of the molecule is Cc1cc(C(=O)OCC(=O)NCC(=O)Nc2ccc(Br)cc2C)on1. The van der Waals surface area contributed by atoms with E-state index in [4.69, 9.17) is 9.26 Å². The van der Waals surface area contributed by atoms with Crippen LogP contribution in [0.15, 0.2) is 33.3 Å². The standard InChI is InChI=1S/C16H16BrN3O5/c1-9-5-11(17)3-4-12(9)19-14(21)7-18-15(22)8-24-16(23)13-6-10(2)20-25-13/h3-6H,7-8H2,1-2H3,(H,18,22)(H,19,21). The molecule has 0 aliphatic heterocycles. The van der Waals surface area contributed by atoms with Crippen LogP contribution >= 0.6 is 15.9 Å². The molecular weight excluding hydrogens is 394 g/mol. The first-order valence-electron chi connectivity index (χ1n) is 7.28. The van der Waals surface area contributed by atoms with Crippen molar-refractivity contribution in [2.45, 2.75) is 13.8 Å². The number of amides is 2. The summed E-state index contributed by atoms with van der Waals surface area (Å²) in [6.07, 6.45) is 0. The minimum Gasteiger partial charge on any atom is -0.450 e. The quantitative estimate of drug-likeness (QED) is 0.705. The largest absolute Gasteiger partial charge is 0.450 e. The average Bonchev–Trinajstić information content (AvgIpc) is 3.00. The number of aromatic nitrogens is 1. The van der Waals surface area contributed by atoms with Crippen molar-refractivity contribution in [3.05, 3.63) is 45.8 Å². The van der Waals surface area contributed by atoms with Crippen LogP contribution in [0, 0.1) is 13.8 Å². The van der Waals surface area contributed by atoms with Gasteiger partial charge in [-0.1, -0.05) is 21.1 Å². The second-order valence-electron chi connectivity index (χ2n) is 5.19. The van der Waals surface area contributed by atoms with Crippen LogP contribution < -0.4 is 10.6 Å². The Bertz CT molecular complexity index is 803. The Labute approximate surface area is 152 Å². The first-order valence-corrected chi connectivity index (χ1v) is 8.07. The molecule has 2 rings (SSSR count). The van der Waals surface area contributed by atoms with Crippen molar-refractivity contribution < 1.29 is 23.6 Å². The van der Waals surface area contributed by atoms with Gasteiger partial charge in [0.25, 0.3) is 5.91 Å². The maximum atomic E-state index is 11.8. The van der Waals surface area contributed by atoms with Crippen LogP contribution in [0.3, 0.4) is 0 Å². The molecular formula is C16H16BrN3O5. The van der Waals surface area contributed by atoms with Crippen molar-refractivity contribution in [1.29, 1.82) is 0 Å². The lowest BCUT2D eigenvalue weighted by Gasteiger charge is -2.09. The van der Waals surface area contributed by atoms with Gasteiger partial charge in [-0.05, 0) is 37.6 Å². The Morgan fingerprint density at radius 3 is 2.60 bits per heavy atom. The first kappa shape index (κ1) is 18.7. The van der Waals surface area contributed by atoms with E-state index < -0.39 is 24.4 Å². The molecule has 2 N–H and O–H groups in total. The highest BCUT2D eigenvalue weighted by Crippen LogP contribution is 2.19. The lowest BCUT2D eigenvalue weighted by Crippen LogP contribution is -2.35. The fourth-order valence-corrected chi connectivity index (χ4v) is 2.33. The average molecular weight is 410 g/mol. The van der Waals surface area contributed by atoms with Gasteiger partial charge in [-0.25, -0.2) is 4.79 Å². The number of rotatable bonds is 6. The maximum absolute atomic E-state index is 11.8. The number of hydrogen-bond donors (Lipinski definition) is 2. The molecule has 0 radical (unpaired) electrons. The molecule has 25 heavy (non-hydrogen) atoms. The molecule has 0 unspecified atom stereocenters. The minimum atomic E-state index is -0.800. The number of aryl methyl sites for hydroxylation is 2. The highest BCUT2D eigenvalue weighted by atomic mass is 79.9. The molecule has 1 aromatic carbocycles. The molecule has 0 aliphatic rings. The highest BCUT2D eigenvalue weighted by molar-refractivity contribution is 9.10. The summed E-state index contributed by atoms with van der Waals surface area (Å²) >= 11 is 3.34. The van der Waals surface area contributed by atoms with Crippen LogP contribution in [-0.2, 0) is 14.3 Å². The monoisotopic (exact) mass is 409 g/mol. The molecule has 1 heterocycles. The fraction of sp³-hybridized carbons (Fsp3) is 0.250. The van der Waals surface area contributed by atoms with Crippen molar-refractivity contribution in [2.24, 2.45) is 0 Å². The predicted octanol–water partition coefficient (Wildman–Crippen LogP) is 1.97. The third kappa shape index (κ3) is 5.71. The van der Waals surface area contributed by atoms with E-state index in [-0.39, 0.29) is 12.3 Å². The van der Waals surface area contributed by atoms with Gasteiger partial charge < -0.3 is 19.9 Å². The van der Waals surface area contributed by atoms with Crippen molar-refractivity contribution in [3.63, 3.8) is 0 Å². The summed E-state index contributed by atoms with van der Waals surface area (Å²) in [4.78, 5) is 35.1. The van der Waals surface area contributed by atoms with E-state index in [0.29, 0.717) is 11.4 Å². The zero-order chi connectivity index (χ0) is 18.4. The first-order chi connectivity index (χ1) is 11.8. The number of carbonyl (C=O) groups is 3. The number of benzene rings is 1.